The summed E-state index contributed by atoms with van der Waals surface area (Å²) < 4.78 is 5.43. The van der Waals surface area contributed by atoms with Gasteiger partial charge in [-0.05, 0) is 20.8 Å². The zero-order valence-electron chi connectivity index (χ0n) is 9.82. The van der Waals surface area contributed by atoms with Crippen molar-refractivity contribution < 1.29 is 9.53 Å². The number of carbonyl (C=O) groups excluding carboxylic acids is 1. The van der Waals surface area contributed by atoms with Crippen LogP contribution in [0, 0.1) is 0 Å². The number of ether oxygens (including phenoxy) is 1. The molecule has 2 saturated heterocycles. The number of rotatable bonds is 0. The van der Waals surface area contributed by atoms with E-state index in [2.05, 4.69) is 25.7 Å². The minimum Gasteiger partial charge on any atom is -0.377 e. The van der Waals surface area contributed by atoms with E-state index in [0.717, 1.165) is 13.1 Å². The summed E-state index contributed by atoms with van der Waals surface area (Å²) in [5.41, 5.74) is 0.0686. The number of hydrogen-bond donors (Lipinski definition) is 0. The molecule has 0 aromatic heterocycles. The molecule has 2 rings (SSSR count). The predicted molar refractivity (Wildman–Crippen MR) is 57.6 cm³/mol. The number of nitrogens with zero attached hydrogens (tertiary/aromatic N) is 2. The number of fused-ring (bicyclic) bond motifs is 1. The Balaban J connectivity index is 2.08. The van der Waals surface area contributed by atoms with Gasteiger partial charge in [-0.1, -0.05) is 0 Å². The highest BCUT2D eigenvalue weighted by atomic mass is 16.5. The highest BCUT2D eigenvalue weighted by Gasteiger charge is 2.38. The molecule has 0 bridgehead atoms. The first kappa shape index (κ1) is 10.9. The summed E-state index contributed by atoms with van der Waals surface area (Å²) in [6.07, 6.45) is 0. The van der Waals surface area contributed by atoms with Crippen LogP contribution in [0.1, 0.15) is 20.8 Å². The van der Waals surface area contributed by atoms with Crippen molar-refractivity contribution in [2.24, 2.45) is 0 Å². The topological polar surface area (TPSA) is 32.8 Å². The molecule has 0 aromatic carbocycles. The van der Waals surface area contributed by atoms with Crippen molar-refractivity contribution in [3.05, 3.63) is 0 Å². The lowest BCUT2D eigenvalue weighted by Crippen LogP contribution is -2.64. The zero-order valence-corrected chi connectivity index (χ0v) is 9.82. The summed E-state index contributed by atoms with van der Waals surface area (Å²) in [6, 6.07) is 0.263. The Bertz CT molecular complexity index is 260. The Labute approximate surface area is 91.2 Å². The van der Waals surface area contributed by atoms with E-state index in [1.54, 1.807) is 0 Å². The molecule has 1 unspecified atom stereocenters. The number of hydrogen-bond acceptors (Lipinski definition) is 3. The molecule has 2 aliphatic rings. The van der Waals surface area contributed by atoms with Gasteiger partial charge in [-0.15, -0.1) is 0 Å². The summed E-state index contributed by atoms with van der Waals surface area (Å²) in [5, 5.41) is 0. The van der Waals surface area contributed by atoms with Crippen LogP contribution < -0.4 is 0 Å². The van der Waals surface area contributed by atoms with Crippen LogP contribution in [-0.4, -0.2) is 60.1 Å². The van der Waals surface area contributed by atoms with E-state index in [0.29, 0.717) is 19.8 Å². The third-order valence-corrected chi connectivity index (χ3v) is 3.25. The van der Waals surface area contributed by atoms with Gasteiger partial charge in [-0.3, -0.25) is 9.69 Å². The molecule has 0 saturated carbocycles. The molecule has 86 valence electrons. The maximum atomic E-state index is 11.9. The highest BCUT2D eigenvalue weighted by Crippen LogP contribution is 2.21. The second-order valence-electron chi connectivity index (χ2n) is 5.37. The second-order valence-corrected chi connectivity index (χ2v) is 5.37. The Kier molecular flexibility index (Phi) is 2.73. The van der Waals surface area contributed by atoms with Gasteiger partial charge in [0.25, 0.3) is 0 Å². The second kappa shape index (κ2) is 3.76. The molecule has 0 N–H and O–H groups in total. The number of amides is 1. The fourth-order valence-electron chi connectivity index (χ4n) is 2.22. The van der Waals surface area contributed by atoms with Crippen molar-refractivity contribution >= 4 is 5.91 Å². The van der Waals surface area contributed by atoms with Gasteiger partial charge in [0.2, 0.25) is 5.91 Å². The van der Waals surface area contributed by atoms with Crippen LogP contribution in [0.2, 0.25) is 0 Å². The van der Waals surface area contributed by atoms with Gasteiger partial charge in [0.05, 0.1) is 25.8 Å². The van der Waals surface area contributed by atoms with E-state index in [4.69, 9.17) is 4.74 Å². The predicted octanol–water partition coefficient (Wildman–Crippen LogP) is 0.328. The monoisotopic (exact) mass is 212 g/mol. The Morgan fingerprint density at radius 3 is 2.80 bits per heavy atom. The first-order chi connectivity index (χ1) is 6.98. The Hall–Kier alpha value is -0.610. The average molecular weight is 212 g/mol. The van der Waals surface area contributed by atoms with Crippen LogP contribution in [0.5, 0.6) is 0 Å². The SMILES string of the molecule is CC(C)(C)N1CC(=O)N2CCOCC2C1. The van der Waals surface area contributed by atoms with Crippen LogP contribution in [0.25, 0.3) is 0 Å². The van der Waals surface area contributed by atoms with Crippen LogP contribution in [-0.2, 0) is 9.53 Å². The van der Waals surface area contributed by atoms with Crippen molar-refractivity contribution in [2.45, 2.75) is 32.4 Å². The van der Waals surface area contributed by atoms with E-state index in [1.807, 2.05) is 4.90 Å². The third-order valence-electron chi connectivity index (χ3n) is 3.25. The van der Waals surface area contributed by atoms with Crippen molar-refractivity contribution in [3.63, 3.8) is 0 Å². The molecular weight excluding hydrogens is 192 g/mol. The summed E-state index contributed by atoms with van der Waals surface area (Å²) >= 11 is 0. The van der Waals surface area contributed by atoms with Crippen LogP contribution in [0.4, 0.5) is 0 Å². The zero-order chi connectivity index (χ0) is 11.1. The normalized spacial score (nSPS) is 29.1. The van der Waals surface area contributed by atoms with E-state index >= 15 is 0 Å². The van der Waals surface area contributed by atoms with Gasteiger partial charge >= 0.3 is 0 Å². The van der Waals surface area contributed by atoms with Gasteiger partial charge in [-0.25, -0.2) is 0 Å². The quantitative estimate of drug-likeness (QED) is 0.580. The Morgan fingerprint density at radius 1 is 1.40 bits per heavy atom. The molecule has 1 atom stereocenters. The minimum absolute atomic E-state index is 0.0686. The smallest absolute Gasteiger partial charge is 0.237 e. The summed E-state index contributed by atoms with van der Waals surface area (Å²) in [5.74, 6) is 0.254. The van der Waals surface area contributed by atoms with Crippen molar-refractivity contribution in [1.29, 1.82) is 0 Å². The molecule has 0 spiro atoms. The van der Waals surface area contributed by atoms with E-state index in [9.17, 15) is 4.79 Å². The molecule has 2 heterocycles. The van der Waals surface area contributed by atoms with Crippen molar-refractivity contribution in [3.8, 4) is 0 Å². The average Bonchev–Trinajstić information content (AvgIpc) is 2.16. The highest BCUT2D eigenvalue weighted by molar-refractivity contribution is 5.79. The molecule has 15 heavy (non-hydrogen) atoms. The van der Waals surface area contributed by atoms with Gasteiger partial charge in [0.1, 0.15) is 0 Å². The fraction of sp³-hybridized carbons (Fsp3) is 0.909. The van der Waals surface area contributed by atoms with Crippen LogP contribution in [0.3, 0.4) is 0 Å². The van der Waals surface area contributed by atoms with Crippen molar-refractivity contribution in [2.75, 3.05) is 32.8 Å². The minimum atomic E-state index is 0.0686. The van der Waals surface area contributed by atoms with Crippen molar-refractivity contribution in [1.82, 2.24) is 9.80 Å². The molecular formula is C11H20N2O2. The lowest BCUT2D eigenvalue weighted by molar-refractivity contribution is -0.151. The Morgan fingerprint density at radius 2 is 2.13 bits per heavy atom. The standard InChI is InChI=1S/C11H20N2O2/c1-11(2,3)12-6-9-8-15-5-4-13(9)10(14)7-12/h9H,4-8H2,1-3H3. The first-order valence-corrected chi connectivity index (χ1v) is 5.61. The first-order valence-electron chi connectivity index (χ1n) is 5.61. The van der Waals surface area contributed by atoms with E-state index in [1.165, 1.54) is 0 Å². The van der Waals surface area contributed by atoms with Crippen LogP contribution >= 0.6 is 0 Å². The number of carbonyl (C=O) groups is 1. The maximum absolute atomic E-state index is 11.9. The van der Waals surface area contributed by atoms with E-state index < -0.39 is 0 Å². The number of piperazine rings is 1. The molecule has 0 radical (unpaired) electrons. The summed E-state index contributed by atoms with van der Waals surface area (Å²) in [6.45, 7) is 10.1. The van der Waals surface area contributed by atoms with Gasteiger partial charge in [0.15, 0.2) is 0 Å². The van der Waals surface area contributed by atoms with Gasteiger partial charge < -0.3 is 9.64 Å². The fourth-order valence-corrected chi connectivity index (χ4v) is 2.22. The van der Waals surface area contributed by atoms with Gasteiger partial charge in [0, 0.05) is 18.6 Å². The lowest BCUT2D eigenvalue weighted by atomic mass is 10.0. The lowest BCUT2D eigenvalue weighted by Gasteiger charge is -2.47. The number of morpholine rings is 1. The molecule has 2 fully saturated rings. The summed E-state index contributed by atoms with van der Waals surface area (Å²) in [7, 11) is 0. The van der Waals surface area contributed by atoms with Gasteiger partial charge in [-0.2, -0.15) is 0 Å². The molecule has 1 amide bonds. The molecule has 4 nitrogen and oxygen atoms in total. The molecule has 4 heteroatoms. The molecule has 2 aliphatic heterocycles. The van der Waals surface area contributed by atoms with E-state index in [-0.39, 0.29) is 17.5 Å². The van der Waals surface area contributed by atoms with Crippen LogP contribution in [0.15, 0.2) is 0 Å². The maximum Gasteiger partial charge on any atom is 0.237 e. The third kappa shape index (κ3) is 2.16. The summed E-state index contributed by atoms with van der Waals surface area (Å²) in [4.78, 5) is 16.1. The molecule has 0 aromatic rings. The largest absolute Gasteiger partial charge is 0.377 e. The molecule has 0 aliphatic carbocycles.